The molecule has 1 atom stereocenters. The summed E-state index contributed by atoms with van der Waals surface area (Å²) in [5.41, 5.74) is 2.63. The monoisotopic (exact) mass is 319 g/mol. The quantitative estimate of drug-likeness (QED) is 0.880. The van der Waals surface area contributed by atoms with Crippen LogP contribution in [0.5, 0.6) is 0 Å². The van der Waals surface area contributed by atoms with E-state index < -0.39 is 0 Å². The molecule has 1 N–H and O–H groups in total. The standard InChI is InChI=1S/C15H17N3OS2/c1-10-17-18-15(21-10)20-9-14(19)16-13-8-4-6-11-5-2-3-7-12(11)13/h2-3,5,7,13H,4,6,8-9H2,1H3,(H,16,19)/t13-/m0/s1. The number of nitrogens with zero attached hydrogens (tertiary/aromatic N) is 2. The van der Waals surface area contributed by atoms with Crippen LogP contribution >= 0.6 is 23.1 Å². The number of nitrogens with one attached hydrogen (secondary N) is 1. The lowest BCUT2D eigenvalue weighted by atomic mass is 9.88. The van der Waals surface area contributed by atoms with Gasteiger partial charge in [0.05, 0.1) is 11.8 Å². The van der Waals surface area contributed by atoms with E-state index in [1.807, 2.05) is 13.0 Å². The van der Waals surface area contributed by atoms with E-state index in [-0.39, 0.29) is 11.9 Å². The third kappa shape index (κ3) is 3.63. The Kier molecular flexibility index (Phi) is 4.55. The molecule has 0 saturated carbocycles. The predicted molar refractivity (Wildman–Crippen MR) is 85.6 cm³/mol. The number of fused-ring (bicyclic) bond motifs is 1. The van der Waals surface area contributed by atoms with Crippen molar-refractivity contribution in [2.24, 2.45) is 0 Å². The highest BCUT2D eigenvalue weighted by Gasteiger charge is 2.21. The molecular weight excluding hydrogens is 302 g/mol. The van der Waals surface area contributed by atoms with Gasteiger partial charge in [-0.15, -0.1) is 10.2 Å². The van der Waals surface area contributed by atoms with Gasteiger partial charge in [0.25, 0.3) is 0 Å². The fourth-order valence-corrected chi connectivity index (χ4v) is 4.23. The van der Waals surface area contributed by atoms with Gasteiger partial charge in [-0.2, -0.15) is 0 Å². The van der Waals surface area contributed by atoms with E-state index in [0.29, 0.717) is 5.75 Å². The van der Waals surface area contributed by atoms with Crippen LogP contribution in [0.15, 0.2) is 28.6 Å². The Morgan fingerprint density at radius 3 is 3.10 bits per heavy atom. The van der Waals surface area contributed by atoms with E-state index in [1.165, 1.54) is 34.2 Å². The zero-order valence-corrected chi connectivity index (χ0v) is 13.5. The van der Waals surface area contributed by atoms with Crippen molar-refractivity contribution in [3.63, 3.8) is 0 Å². The Hall–Kier alpha value is -1.40. The van der Waals surface area contributed by atoms with Crippen molar-refractivity contribution in [2.45, 2.75) is 36.6 Å². The van der Waals surface area contributed by atoms with Crippen LogP contribution in [0, 0.1) is 6.92 Å². The molecule has 1 heterocycles. The Labute approximate surface area is 132 Å². The van der Waals surface area contributed by atoms with Gasteiger partial charge in [0.2, 0.25) is 5.91 Å². The first-order chi connectivity index (χ1) is 10.2. The number of hydrogen-bond acceptors (Lipinski definition) is 5. The van der Waals surface area contributed by atoms with Crippen LogP contribution in [0.25, 0.3) is 0 Å². The molecule has 0 spiro atoms. The summed E-state index contributed by atoms with van der Waals surface area (Å²) < 4.78 is 0.853. The summed E-state index contributed by atoms with van der Waals surface area (Å²) in [6.07, 6.45) is 3.26. The van der Waals surface area contributed by atoms with Gasteiger partial charge in [-0.05, 0) is 37.3 Å². The second-order valence-electron chi connectivity index (χ2n) is 5.09. The first-order valence-electron chi connectivity index (χ1n) is 7.02. The van der Waals surface area contributed by atoms with Crippen LogP contribution in [0.1, 0.15) is 35.0 Å². The summed E-state index contributed by atoms with van der Waals surface area (Å²) in [6.45, 7) is 1.92. The molecular formula is C15H17N3OS2. The van der Waals surface area contributed by atoms with Crippen molar-refractivity contribution in [3.8, 4) is 0 Å². The summed E-state index contributed by atoms with van der Waals surface area (Å²) >= 11 is 2.98. The Balaban J connectivity index is 1.58. The molecule has 0 saturated heterocycles. The number of rotatable bonds is 4. The molecule has 1 aromatic carbocycles. The normalized spacial score (nSPS) is 17.3. The largest absolute Gasteiger partial charge is 0.349 e. The number of carbonyl (C=O) groups is 1. The van der Waals surface area contributed by atoms with E-state index in [2.05, 4.69) is 33.7 Å². The summed E-state index contributed by atoms with van der Waals surface area (Å²) in [6, 6.07) is 8.55. The SMILES string of the molecule is Cc1nnc(SCC(=O)N[C@H]2CCCc3ccccc32)s1. The van der Waals surface area contributed by atoms with Crippen molar-refractivity contribution >= 4 is 29.0 Å². The van der Waals surface area contributed by atoms with Gasteiger partial charge in [-0.25, -0.2) is 0 Å². The lowest BCUT2D eigenvalue weighted by Gasteiger charge is -2.26. The Morgan fingerprint density at radius 1 is 1.43 bits per heavy atom. The van der Waals surface area contributed by atoms with Crippen molar-refractivity contribution in [3.05, 3.63) is 40.4 Å². The number of hydrogen-bond donors (Lipinski definition) is 1. The van der Waals surface area contributed by atoms with Crippen LogP contribution in [0.2, 0.25) is 0 Å². The summed E-state index contributed by atoms with van der Waals surface area (Å²) in [4.78, 5) is 12.1. The van der Waals surface area contributed by atoms with E-state index in [1.54, 1.807) is 0 Å². The molecule has 6 heteroatoms. The van der Waals surface area contributed by atoms with Crippen LogP contribution in [0.4, 0.5) is 0 Å². The molecule has 3 rings (SSSR count). The molecule has 0 fully saturated rings. The van der Waals surface area contributed by atoms with Crippen molar-refractivity contribution in [1.29, 1.82) is 0 Å². The maximum atomic E-state index is 12.1. The highest BCUT2D eigenvalue weighted by atomic mass is 32.2. The van der Waals surface area contributed by atoms with Gasteiger partial charge in [-0.3, -0.25) is 4.79 Å². The average molecular weight is 319 g/mol. The number of amides is 1. The highest BCUT2D eigenvalue weighted by Crippen LogP contribution is 2.29. The fraction of sp³-hybridized carbons (Fsp3) is 0.400. The summed E-state index contributed by atoms with van der Waals surface area (Å²) in [5, 5.41) is 12.1. The molecule has 2 aromatic rings. The van der Waals surface area contributed by atoms with Crippen LogP contribution in [-0.4, -0.2) is 21.9 Å². The first kappa shape index (κ1) is 14.5. The highest BCUT2D eigenvalue weighted by molar-refractivity contribution is 8.01. The maximum Gasteiger partial charge on any atom is 0.230 e. The number of benzene rings is 1. The van der Waals surface area contributed by atoms with E-state index in [4.69, 9.17) is 0 Å². The molecule has 21 heavy (non-hydrogen) atoms. The smallest absolute Gasteiger partial charge is 0.230 e. The summed E-state index contributed by atoms with van der Waals surface area (Å²) in [5.74, 6) is 0.461. The minimum atomic E-state index is 0.0644. The molecule has 1 aliphatic carbocycles. The van der Waals surface area contributed by atoms with Crippen molar-refractivity contribution in [2.75, 3.05) is 5.75 Å². The second-order valence-corrected chi connectivity index (χ2v) is 7.49. The third-order valence-electron chi connectivity index (χ3n) is 3.54. The summed E-state index contributed by atoms with van der Waals surface area (Å²) in [7, 11) is 0. The molecule has 0 unspecified atom stereocenters. The lowest BCUT2D eigenvalue weighted by molar-refractivity contribution is -0.119. The number of aryl methyl sites for hydroxylation is 2. The number of thioether (sulfide) groups is 1. The molecule has 0 radical (unpaired) electrons. The van der Waals surface area contributed by atoms with Crippen LogP contribution in [-0.2, 0) is 11.2 Å². The van der Waals surface area contributed by atoms with E-state index >= 15 is 0 Å². The van der Waals surface area contributed by atoms with Gasteiger partial charge < -0.3 is 5.32 Å². The molecule has 1 aliphatic rings. The molecule has 0 bridgehead atoms. The maximum absolute atomic E-state index is 12.1. The van der Waals surface area contributed by atoms with Gasteiger partial charge in [0, 0.05) is 0 Å². The Bertz CT molecular complexity index is 641. The molecule has 0 aliphatic heterocycles. The van der Waals surface area contributed by atoms with Gasteiger partial charge in [0.15, 0.2) is 4.34 Å². The lowest BCUT2D eigenvalue weighted by Crippen LogP contribution is -2.32. The number of aromatic nitrogens is 2. The van der Waals surface area contributed by atoms with E-state index in [9.17, 15) is 4.79 Å². The second kappa shape index (κ2) is 6.58. The zero-order chi connectivity index (χ0) is 14.7. The van der Waals surface area contributed by atoms with Gasteiger partial charge in [0.1, 0.15) is 5.01 Å². The topological polar surface area (TPSA) is 54.9 Å². The van der Waals surface area contributed by atoms with Crippen molar-refractivity contribution < 1.29 is 4.79 Å². The third-order valence-corrected chi connectivity index (χ3v) is 5.51. The van der Waals surface area contributed by atoms with E-state index in [0.717, 1.165) is 28.6 Å². The number of carbonyl (C=O) groups excluding carboxylic acids is 1. The van der Waals surface area contributed by atoms with Crippen LogP contribution in [0.3, 0.4) is 0 Å². The minimum absolute atomic E-state index is 0.0644. The van der Waals surface area contributed by atoms with Crippen molar-refractivity contribution in [1.82, 2.24) is 15.5 Å². The molecule has 4 nitrogen and oxygen atoms in total. The fourth-order valence-electron chi connectivity index (χ4n) is 2.60. The molecule has 110 valence electrons. The van der Waals surface area contributed by atoms with Gasteiger partial charge >= 0.3 is 0 Å². The predicted octanol–water partition coefficient (Wildman–Crippen LogP) is 3.13. The zero-order valence-electron chi connectivity index (χ0n) is 11.8. The minimum Gasteiger partial charge on any atom is -0.349 e. The first-order valence-corrected chi connectivity index (χ1v) is 8.82. The average Bonchev–Trinajstić information content (AvgIpc) is 2.91. The van der Waals surface area contributed by atoms with Gasteiger partial charge in [-0.1, -0.05) is 47.4 Å². The molecule has 1 amide bonds. The van der Waals surface area contributed by atoms with Crippen LogP contribution < -0.4 is 5.32 Å². The molecule has 1 aromatic heterocycles. The Morgan fingerprint density at radius 2 is 2.29 bits per heavy atom.